The summed E-state index contributed by atoms with van der Waals surface area (Å²) in [6, 6.07) is 10.9. The molecule has 1 unspecified atom stereocenters. The molecule has 1 N–H and O–H groups in total. The zero-order valence-corrected chi connectivity index (χ0v) is 18.4. The molecule has 0 fully saturated rings. The molecule has 10 heteroatoms. The van der Waals surface area contributed by atoms with Crippen LogP contribution in [0, 0.1) is 11.3 Å². The summed E-state index contributed by atoms with van der Waals surface area (Å²) in [5.74, 6) is 0.434. The second-order valence-corrected chi connectivity index (χ2v) is 7.92. The average Bonchev–Trinajstić information content (AvgIpc) is 3.61. The number of fused-ring (bicyclic) bond motifs is 1. The summed E-state index contributed by atoms with van der Waals surface area (Å²) in [6.07, 6.45) is 9.07. The number of oxime groups is 1. The number of nitriles is 1. The summed E-state index contributed by atoms with van der Waals surface area (Å²) in [5.41, 5.74) is 4.23. The van der Waals surface area contributed by atoms with Crippen molar-refractivity contribution in [2.75, 3.05) is 13.2 Å². The Balaban J connectivity index is 1.16. The Hall–Kier alpha value is -4.65. The fourth-order valence-corrected chi connectivity index (χ4v) is 3.71. The smallest absolute Gasteiger partial charge is 0.253 e. The summed E-state index contributed by atoms with van der Waals surface area (Å²) in [4.78, 5) is 22.2. The van der Waals surface area contributed by atoms with E-state index in [1.807, 2.05) is 13.2 Å². The van der Waals surface area contributed by atoms with E-state index in [2.05, 4.69) is 26.6 Å². The number of hydrogen-bond donors (Lipinski definition) is 1. The molecule has 1 aliphatic heterocycles. The lowest BCUT2D eigenvalue weighted by atomic mass is 10.1. The van der Waals surface area contributed by atoms with Gasteiger partial charge < -0.3 is 19.3 Å². The van der Waals surface area contributed by atoms with Crippen molar-refractivity contribution < 1.29 is 14.4 Å². The van der Waals surface area contributed by atoms with E-state index in [-0.39, 0.29) is 25.2 Å². The molecular formula is C24H21N7O3. The van der Waals surface area contributed by atoms with Gasteiger partial charge in [0.2, 0.25) is 0 Å². The Kier molecular flexibility index (Phi) is 5.66. The van der Waals surface area contributed by atoms with Crippen molar-refractivity contribution in [2.24, 2.45) is 12.2 Å². The van der Waals surface area contributed by atoms with Gasteiger partial charge in [-0.15, -0.1) is 0 Å². The van der Waals surface area contributed by atoms with E-state index >= 15 is 0 Å². The van der Waals surface area contributed by atoms with E-state index in [9.17, 15) is 10.1 Å². The van der Waals surface area contributed by atoms with Crippen LogP contribution in [0.25, 0.3) is 16.8 Å². The molecule has 4 heterocycles. The van der Waals surface area contributed by atoms with Crippen molar-refractivity contribution in [1.29, 1.82) is 5.26 Å². The van der Waals surface area contributed by atoms with Crippen molar-refractivity contribution in [2.45, 2.75) is 12.5 Å². The molecule has 0 bridgehead atoms. The maximum atomic E-state index is 12.5. The highest BCUT2D eigenvalue weighted by atomic mass is 16.7. The molecule has 0 aliphatic carbocycles. The number of aryl methyl sites for hydroxylation is 1. The first kappa shape index (κ1) is 21.2. The van der Waals surface area contributed by atoms with Gasteiger partial charge in [-0.05, 0) is 30.3 Å². The second kappa shape index (κ2) is 9.07. The molecule has 10 nitrogen and oxygen atoms in total. The van der Waals surface area contributed by atoms with E-state index in [1.165, 1.54) is 0 Å². The number of rotatable bonds is 7. The van der Waals surface area contributed by atoms with Crippen LogP contribution in [0.4, 0.5) is 0 Å². The van der Waals surface area contributed by atoms with E-state index in [0.29, 0.717) is 23.3 Å². The topological polar surface area (TPSA) is 119 Å². The maximum absolute atomic E-state index is 12.5. The Bertz CT molecular complexity index is 1430. The Labute approximate surface area is 195 Å². The lowest BCUT2D eigenvalue weighted by Crippen LogP contribution is -2.30. The summed E-state index contributed by atoms with van der Waals surface area (Å²) < 4.78 is 9.51. The number of aromatic nitrogens is 4. The quantitative estimate of drug-likeness (QED) is 0.457. The molecular weight excluding hydrogens is 434 g/mol. The molecule has 0 saturated heterocycles. The lowest BCUT2D eigenvalue weighted by molar-refractivity contribution is 0.0472. The van der Waals surface area contributed by atoms with Gasteiger partial charge in [0.05, 0.1) is 35.6 Å². The van der Waals surface area contributed by atoms with Crippen LogP contribution < -0.4 is 10.1 Å². The van der Waals surface area contributed by atoms with Crippen molar-refractivity contribution in [3.63, 3.8) is 0 Å². The van der Waals surface area contributed by atoms with Crippen LogP contribution in [-0.4, -0.2) is 50.0 Å². The first-order valence-corrected chi connectivity index (χ1v) is 10.7. The van der Waals surface area contributed by atoms with Gasteiger partial charge >= 0.3 is 0 Å². The lowest BCUT2D eigenvalue weighted by Gasteiger charge is -2.14. The van der Waals surface area contributed by atoms with Crippen molar-refractivity contribution in [1.82, 2.24) is 24.5 Å². The molecule has 1 atom stereocenters. The van der Waals surface area contributed by atoms with Crippen LogP contribution in [0.2, 0.25) is 0 Å². The third-order valence-corrected chi connectivity index (χ3v) is 5.45. The van der Waals surface area contributed by atoms with Crippen molar-refractivity contribution in [3.8, 4) is 22.9 Å². The molecule has 3 aromatic heterocycles. The molecule has 1 aliphatic rings. The number of hydrogen-bond acceptors (Lipinski definition) is 7. The van der Waals surface area contributed by atoms with Crippen LogP contribution >= 0.6 is 0 Å². The molecule has 170 valence electrons. The fraction of sp³-hybridized carbons (Fsp3) is 0.208. The van der Waals surface area contributed by atoms with E-state index in [0.717, 1.165) is 22.5 Å². The van der Waals surface area contributed by atoms with Gasteiger partial charge in [-0.2, -0.15) is 10.4 Å². The number of nitrogens with one attached hydrogen (secondary N) is 1. The summed E-state index contributed by atoms with van der Waals surface area (Å²) in [7, 11) is 1.83. The van der Waals surface area contributed by atoms with Crippen molar-refractivity contribution >= 4 is 17.3 Å². The first-order chi connectivity index (χ1) is 16.6. The zero-order chi connectivity index (χ0) is 23.5. The largest absolute Gasteiger partial charge is 0.489 e. The van der Waals surface area contributed by atoms with Crippen LogP contribution in [0.3, 0.4) is 0 Å². The summed E-state index contributed by atoms with van der Waals surface area (Å²) in [5, 5.41) is 20.4. The highest BCUT2D eigenvalue weighted by Crippen LogP contribution is 2.31. The molecule has 0 spiro atoms. The van der Waals surface area contributed by atoms with Gasteiger partial charge in [0, 0.05) is 49.4 Å². The molecule has 0 radical (unpaired) electrons. The Morgan fingerprint density at radius 2 is 2.24 bits per heavy atom. The number of carbonyl (C=O) groups is 1. The van der Waals surface area contributed by atoms with E-state index < -0.39 is 0 Å². The predicted octanol–water partition coefficient (Wildman–Crippen LogP) is 2.56. The molecule has 1 amide bonds. The van der Waals surface area contributed by atoms with Gasteiger partial charge in [0.1, 0.15) is 18.0 Å². The van der Waals surface area contributed by atoms with E-state index in [4.69, 9.17) is 9.57 Å². The summed E-state index contributed by atoms with van der Waals surface area (Å²) >= 11 is 0. The van der Waals surface area contributed by atoms with Gasteiger partial charge in [-0.25, -0.2) is 4.98 Å². The maximum Gasteiger partial charge on any atom is 0.253 e. The first-order valence-electron chi connectivity index (χ1n) is 10.7. The van der Waals surface area contributed by atoms with Crippen LogP contribution in [0.1, 0.15) is 22.3 Å². The van der Waals surface area contributed by atoms with E-state index in [1.54, 1.807) is 64.2 Å². The zero-order valence-electron chi connectivity index (χ0n) is 18.4. The fourth-order valence-electron chi connectivity index (χ4n) is 3.71. The number of ether oxygens (including phenoxy) is 1. The summed E-state index contributed by atoms with van der Waals surface area (Å²) in [6.45, 7) is 0.562. The minimum absolute atomic E-state index is 0.198. The molecule has 1 aromatic carbocycles. The van der Waals surface area contributed by atoms with Gasteiger partial charge in [0.15, 0.2) is 6.10 Å². The normalized spacial score (nSPS) is 14.9. The second-order valence-electron chi connectivity index (χ2n) is 7.92. The highest BCUT2D eigenvalue weighted by Gasteiger charge is 2.23. The molecule has 34 heavy (non-hydrogen) atoms. The van der Waals surface area contributed by atoms with Crippen LogP contribution in [0.15, 0.2) is 66.5 Å². The monoisotopic (exact) mass is 455 g/mol. The average molecular weight is 455 g/mol. The van der Waals surface area contributed by atoms with Gasteiger partial charge in [-0.3, -0.25) is 9.48 Å². The van der Waals surface area contributed by atoms with Crippen LogP contribution in [-0.2, 0) is 11.9 Å². The standard InChI is InChI=1S/C24H21N7O3/c1-30-13-18(11-28-30)21-8-16(10-25)2-4-22(21)33-15-20-9-19(29-34-20)12-27-24(32)17-3-5-23-26-6-7-31(23)14-17/h2-8,11,13-14,20H,9,12,15H2,1H3,(H,27,32). The number of benzene rings is 1. The minimum atomic E-state index is -0.272. The molecule has 4 aromatic rings. The number of nitrogens with zero attached hydrogens (tertiary/aromatic N) is 6. The van der Waals surface area contributed by atoms with Gasteiger partial charge in [-0.1, -0.05) is 5.16 Å². The number of carbonyl (C=O) groups excluding carboxylic acids is 1. The number of imidazole rings is 1. The molecule has 0 saturated carbocycles. The Morgan fingerprint density at radius 1 is 1.32 bits per heavy atom. The highest BCUT2D eigenvalue weighted by molar-refractivity contribution is 5.98. The Morgan fingerprint density at radius 3 is 3.06 bits per heavy atom. The van der Waals surface area contributed by atoms with Gasteiger partial charge in [0.25, 0.3) is 5.91 Å². The number of amides is 1. The third-order valence-electron chi connectivity index (χ3n) is 5.45. The number of pyridine rings is 1. The minimum Gasteiger partial charge on any atom is -0.489 e. The predicted molar refractivity (Wildman–Crippen MR) is 123 cm³/mol. The van der Waals surface area contributed by atoms with Crippen LogP contribution in [0.5, 0.6) is 5.75 Å². The molecule has 5 rings (SSSR count). The van der Waals surface area contributed by atoms with Crippen molar-refractivity contribution in [3.05, 3.63) is 72.4 Å². The SMILES string of the molecule is Cn1cc(-c2cc(C#N)ccc2OCC2CC(CNC(=O)c3ccc4nccn4c3)=NO2)cn1. The third kappa shape index (κ3) is 4.45.